The van der Waals surface area contributed by atoms with Gasteiger partial charge in [0.05, 0.1) is 12.1 Å². The molecule has 0 heterocycles. The molecule has 0 radical (unpaired) electrons. The number of rotatable bonds is 5. The van der Waals surface area contributed by atoms with Gasteiger partial charge in [-0.25, -0.2) is 4.79 Å². The molecule has 17 heavy (non-hydrogen) atoms. The second kappa shape index (κ2) is 5.89. The summed E-state index contributed by atoms with van der Waals surface area (Å²) in [6.45, 7) is 3.93. The second-order valence-corrected chi connectivity index (χ2v) is 3.61. The third kappa shape index (κ3) is 4.14. The van der Waals surface area contributed by atoms with E-state index in [-0.39, 0.29) is 11.5 Å². The predicted molar refractivity (Wildman–Crippen MR) is 62.3 cm³/mol. The Balaban J connectivity index is 2.53. The van der Waals surface area contributed by atoms with Crippen LogP contribution in [0.5, 0.6) is 5.75 Å². The Morgan fingerprint density at radius 2 is 2.12 bits per heavy atom. The first-order valence-electron chi connectivity index (χ1n) is 5.22. The van der Waals surface area contributed by atoms with Crippen LogP contribution in [0.3, 0.4) is 0 Å². The van der Waals surface area contributed by atoms with E-state index in [0.717, 1.165) is 0 Å². The van der Waals surface area contributed by atoms with E-state index in [1.807, 2.05) is 0 Å². The molecule has 0 bridgehead atoms. The van der Waals surface area contributed by atoms with Gasteiger partial charge in [0, 0.05) is 6.92 Å². The van der Waals surface area contributed by atoms with Crippen molar-refractivity contribution in [3.8, 4) is 5.75 Å². The number of benzene rings is 1. The Morgan fingerprint density at radius 1 is 1.41 bits per heavy atom. The molecule has 1 rings (SSSR count). The molecule has 0 saturated carbocycles. The minimum Gasteiger partial charge on any atom is -0.492 e. The molecule has 2 N–H and O–H groups in total. The second-order valence-electron chi connectivity index (χ2n) is 3.61. The van der Waals surface area contributed by atoms with Gasteiger partial charge in [-0.05, 0) is 30.7 Å². The van der Waals surface area contributed by atoms with E-state index >= 15 is 0 Å². The lowest BCUT2D eigenvalue weighted by molar-refractivity contribution is -0.119. The summed E-state index contributed by atoms with van der Waals surface area (Å²) in [5.41, 5.74) is 0.911. The summed E-state index contributed by atoms with van der Waals surface area (Å²) in [6, 6.07) is 4.77. The van der Waals surface area contributed by atoms with Gasteiger partial charge in [-0.3, -0.25) is 4.79 Å². The highest BCUT2D eigenvalue weighted by Gasteiger charge is 2.07. The van der Waals surface area contributed by atoms with Gasteiger partial charge in [-0.2, -0.15) is 0 Å². The maximum Gasteiger partial charge on any atom is 0.335 e. The normalized spacial score (nSPS) is 9.76. The highest BCUT2D eigenvalue weighted by atomic mass is 16.5. The molecule has 1 aromatic rings. The molecule has 0 fully saturated rings. The average molecular weight is 237 g/mol. The van der Waals surface area contributed by atoms with Crippen LogP contribution in [-0.2, 0) is 4.79 Å². The number of carboxylic acid groups (broad SMARTS) is 1. The average Bonchev–Trinajstić information content (AvgIpc) is 2.23. The first kappa shape index (κ1) is 13.0. The van der Waals surface area contributed by atoms with E-state index in [2.05, 4.69) is 5.32 Å². The van der Waals surface area contributed by atoms with Gasteiger partial charge in [0.15, 0.2) is 0 Å². The number of aromatic carboxylic acids is 1. The standard InChI is InChI=1S/C12H15NO4/c1-8-7-10(3-4-11(8)12(15)16)17-6-5-13-9(2)14/h3-4,7H,5-6H2,1-2H3,(H,13,14)(H,15,16). The van der Waals surface area contributed by atoms with E-state index in [4.69, 9.17) is 9.84 Å². The van der Waals surface area contributed by atoms with E-state index < -0.39 is 5.97 Å². The molecule has 5 nitrogen and oxygen atoms in total. The SMILES string of the molecule is CC(=O)NCCOc1ccc(C(=O)O)c(C)c1. The van der Waals surface area contributed by atoms with E-state index in [0.29, 0.717) is 24.5 Å². The lowest BCUT2D eigenvalue weighted by Crippen LogP contribution is -2.25. The first-order chi connectivity index (χ1) is 8.00. The van der Waals surface area contributed by atoms with Gasteiger partial charge in [0.25, 0.3) is 0 Å². The quantitative estimate of drug-likeness (QED) is 0.755. The minimum absolute atomic E-state index is 0.106. The molecule has 0 spiro atoms. The van der Waals surface area contributed by atoms with E-state index in [1.54, 1.807) is 19.1 Å². The van der Waals surface area contributed by atoms with Crippen molar-refractivity contribution in [1.29, 1.82) is 0 Å². The predicted octanol–water partition coefficient (Wildman–Crippen LogP) is 1.21. The topological polar surface area (TPSA) is 75.6 Å². The molecule has 0 aromatic heterocycles. The fraction of sp³-hybridized carbons (Fsp3) is 0.333. The lowest BCUT2D eigenvalue weighted by Gasteiger charge is -2.08. The number of aryl methyl sites for hydroxylation is 1. The monoisotopic (exact) mass is 237 g/mol. The zero-order chi connectivity index (χ0) is 12.8. The summed E-state index contributed by atoms with van der Waals surface area (Å²) >= 11 is 0. The molecule has 0 aliphatic heterocycles. The molecular formula is C12H15NO4. The van der Waals surface area contributed by atoms with Gasteiger partial charge in [0.1, 0.15) is 12.4 Å². The highest BCUT2D eigenvalue weighted by Crippen LogP contribution is 2.17. The zero-order valence-electron chi connectivity index (χ0n) is 9.82. The molecular weight excluding hydrogens is 222 g/mol. The fourth-order valence-electron chi connectivity index (χ4n) is 1.36. The Morgan fingerprint density at radius 3 is 2.65 bits per heavy atom. The molecule has 1 amide bonds. The van der Waals surface area contributed by atoms with E-state index in [1.165, 1.54) is 13.0 Å². The number of nitrogens with one attached hydrogen (secondary N) is 1. The van der Waals surface area contributed by atoms with Gasteiger partial charge in [-0.15, -0.1) is 0 Å². The van der Waals surface area contributed by atoms with Crippen molar-refractivity contribution in [2.24, 2.45) is 0 Å². The summed E-state index contributed by atoms with van der Waals surface area (Å²) in [5, 5.41) is 11.4. The number of amides is 1. The summed E-state index contributed by atoms with van der Waals surface area (Å²) in [4.78, 5) is 21.4. The Kier molecular flexibility index (Phi) is 4.51. The van der Waals surface area contributed by atoms with Crippen LogP contribution < -0.4 is 10.1 Å². The molecule has 0 saturated heterocycles. The van der Waals surface area contributed by atoms with Crippen LogP contribution >= 0.6 is 0 Å². The van der Waals surface area contributed by atoms with Crippen molar-refractivity contribution in [2.75, 3.05) is 13.2 Å². The third-order valence-electron chi connectivity index (χ3n) is 2.17. The summed E-state index contributed by atoms with van der Waals surface area (Å²) in [6.07, 6.45) is 0. The lowest BCUT2D eigenvalue weighted by atomic mass is 10.1. The summed E-state index contributed by atoms with van der Waals surface area (Å²) in [5.74, 6) is -0.462. The van der Waals surface area contributed by atoms with Crippen LogP contribution in [0.15, 0.2) is 18.2 Å². The van der Waals surface area contributed by atoms with Crippen LogP contribution in [0.25, 0.3) is 0 Å². The molecule has 5 heteroatoms. The molecule has 0 aliphatic carbocycles. The number of carbonyl (C=O) groups is 2. The van der Waals surface area contributed by atoms with Gasteiger partial charge < -0.3 is 15.2 Å². The number of carbonyl (C=O) groups excluding carboxylic acids is 1. The van der Waals surface area contributed by atoms with Crippen LogP contribution in [0.1, 0.15) is 22.8 Å². The van der Waals surface area contributed by atoms with Gasteiger partial charge in [-0.1, -0.05) is 0 Å². The van der Waals surface area contributed by atoms with Crippen LogP contribution in [0.2, 0.25) is 0 Å². The van der Waals surface area contributed by atoms with Crippen molar-refractivity contribution in [1.82, 2.24) is 5.32 Å². The zero-order valence-corrected chi connectivity index (χ0v) is 9.82. The van der Waals surface area contributed by atoms with Crippen molar-refractivity contribution in [2.45, 2.75) is 13.8 Å². The van der Waals surface area contributed by atoms with Crippen LogP contribution in [0.4, 0.5) is 0 Å². The van der Waals surface area contributed by atoms with Crippen LogP contribution in [0, 0.1) is 6.92 Å². The highest BCUT2D eigenvalue weighted by molar-refractivity contribution is 5.89. The summed E-state index contributed by atoms with van der Waals surface area (Å²) in [7, 11) is 0. The number of hydrogen-bond donors (Lipinski definition) is 2. The van der Waals surface area contributed by atoms with Crippen molar-refractivity contribution >= 4 is 11.9 Å². The van der Waals surface area contributed by atoms with E-state index in [9.17, 15) is 9.59 Å². The number of carboxylic acids is 1. The fourth-order valence-corrected chi connectivity index (χ4v) is 1.36. The maximum atomic E-state index is 10.8. The Hall–Kier alpha value is -2.04. The maximum absolute atomic E-state index is 10.8. The molecule has 0 aliphatic rings. The summed E-state index contributed by atoms with van der Waals surface area (Å²) < 4.78 is 5.36. The van der Waals surface area contributed by atoms with Crippen LogP contribution in [-0.4, -0.2) is 30.1 Å². The molecule has 0 unspecified atom stereocenters. The molecule has 0 atom stereocenters. The smallest absolute Gasteiger partial charge is 0.335 e. The van der Waals surface area contributed by atoms with Crippen molar-refractivity contribution in [3.05, 3.63) is 29.3 Å². The number of hydrogen-bond acceptors (Lipinski definition) is 3. The molecule has 1 aromatic carbocycles. The number of ether oxygens (including phenoxy) is 1. The Labute approximate surface area is 99.4 Å². The third-order valence-corrected chi connectivity index (χ3v) is 2.17. The van der Waals surface area contributed by atoms with Crippen molar-refractivity contribution < 1.29 is 19.4 Å². The van der Waals surface area contributed by atoms with Crippen molar-refractivity contribution in [3.63, 3.8) is 0 Å². The van der Waals surface area contributed by atoms with Gasteiger partial charge in [0.2, 0.25) is 5.91 Å². The first-order valence-corrected chi connectivity index (χ1v) is 5.22. The largest absolute Gasteiger partial charge is 0.492 e. The molecule has 92 valence electrons. The minimum atomic E-state index is -0.952. The Bertz CT molecular complexity index is 429. The van der Waals surface area contributed by atoms with Gasteiger partial charge >= 0.3 is 5.97 Å².